The smallest absolute Gasteiger partial charge is 0.249 e. The summed E-state index contributed by atoms with van der Waals surface area (Å²) >= 11 is 0. The highest BCUT2D eigenvalue weighted by Gasteiger charge is 2.42. The van der Waals surface area contributed by atoms with Crippen molar-refractivity contribution >= 4 is 5.91 Å². The average molecular weight is 213 g/mol. The van der Waals surface area contributed by atoms with E-state index in [1.807, 2.05) is 0 Å². The third-order valence-corrected chi connectivity index (χ3v) is 2.96. The minimum absolute atomic E-state index is 0.137. The maximum atomic E-state index is 10.7. The molecule has 1 fully saturated rings. The Labute approximate surface area is 92.4 Å². The summed E-state index contributed by atoms with van der Waals surface area (Å²) in [5.74, 6) is -0.303. The summed E-state index contributed by atoms with van der Waals surface area (Å²) < 4.78 is 5.15. The summed E-state index contributed by atoms with van der Waals surface area (Å²) in [4.78, 5) is 10.7. The van der Waals surface area contributed by atoms with Gasteiger partial charge in [-0.3, -0.25) is 4.79 Å². The number of hydrogen-bond acceptors (Lipinski definition) is 2. The van der Waals surface area contributed by atoms with Gasteiger partial charge >= 0.3 is 0 Å². The second-order valence-electron chi connectivity index (χ2n) is 4.41. The number of amides is 1. The molecule has 0 radical (unpaired) electrons. The van der Waals surface area contributed by atoms with Crippen LogP contribution < -0.4 is 5.73 Å². The van der Waals surface area contributed by atoms with Gasteiger partial charge in [0.15, 0.2) is 6.10 Å². The molecule has 1 rings (SSSR count). The third-order valence-electron chi connectivity index (χ3n) is 2.96. The van der Waals surface area contributed by atoms with Crippen molar-refractivity contribution in [1.82, 2.24) is 0 Å². The lowest BCUT2D eigenvalue weighted by atomic mass is 10.1. The lowest BCUT2D eigenvalue weighted by molar-refractivity contribution is -0.119. The summed E-state index contributed by atoms with van der Waals surface area (Å²) in [6.07, 6.45) is 9.97. The Bertz CT molecular complexity index is 194. The van der Waals surface area contributed by atoms with Crippen LogP contribution in [0.5, 0.6) is 0 Å². The van der Waals surface area contributed by atoms with E-state index in [9.17, 15) is 4.79 Å². The van der Waals surface area contributed by atoms with Gasteiger partial charge in [0, 0.05) is 0 Å². The number of carbonyl (C=O) groups is 1. The van der Waals surface area contributed by atoms with Crippen molar-refractivity contribution in [2.24, 2.45) is 5.73 Å². The van der Waals surface area contributed by atoms with Gasteiger partial charge in [0.25, 0.3) is 0 Å². The third kappa shape index (κ3) is 5.17. The van der Waals surface area contributed by atoms with Crippen LogP contribution in [0.25, 0.3) is 0 Å². The van der Waals surface area contributed by atoms with Crippen LogP contribution in [0.4, 0.5) is 0 Å². The van der Waals surface area contributed by atoms with Gasteiger partial charge in [-0.1, -0.05) is 51.9 Å². The molecule has 3 nitrogen and oxygen atoms in total. The molecule has 3 heteroatoms. The van der Waals surface area contributed by atoms with Gasteiger partial charge in [-0.15, -0.1) is 0 Å². The zero-order valence-electron chi connectivity index (χ0n) is 9.71. The fraction of sp³-hybridized carbons (Fsp3) is 0.917. The number of nitrogens with two attached hydrogens (primary N) is 1. The molecule has 0 aromatic rings. The van der Waals surface area contributed by atoms with Crippen LogP contribution >= 0.6 is 0 Å². The standard InChI is InChI=1S/C12H23NO2/c1-2-3-4-5-6-7-8-9-10-11(15-10)12(13)14/h10-11H,2-9H2,1H3,(H2,13,14)/t10-,11-/m1/s1. The number of rotatable bonds is 9. The maximum absolute atomic E-state index is 10.7. The highest BCUT2D eigenvalue weighted by molar-refractivity contribution is 5.81. The van der Waals surface area contributed by atoms with Crippen molar-refractivity contribution in [2.45, 2.75) is 70.5 Å². The first kappa shape index (κ1) is 12.5. The van der Waals surface area contributed by atoms with E-state index in [1.165, 1.54) is 44.9 Å². The molecule has 0 spiro atoms. The molecule has 1 amide bonds. The van der Waals surface area contributed by atoms with Gasteiger partial charge in [0.2, 0.25) is 5.91 Å². The quantitative estimate of drug-likeness (QED) is 0.472. The maximum Gasteiger partial charge on any atom is 0.249 e. The molecule has 1 heterocycles. The molecule has 0 aliphatic carbocycles. The Balaban J connectivity index is 1.80. The molecule has 88 valence electrons. The van der Waals surface area contributed by atoms with E-state index in [4.69, 9.17) is 10.5 Å². The summed E-state index contributed by atoms with van der Waals surface area (Å²) in [6.45, 7) is 2.23. The molecule has 0 unspecified atom stereocenters. The molecular formula is C12H23NO2. The molecule has 0 saturated carbocycles. The van der Waals surface area contributed by atoms with Gasteiger partial charge in [0.1, 0.15) is 0 Å². The number of primary amides is 1. The van der Waals surface area contributed by atoms with E-state index in [-0.39, 0.29) is 18.1 Å². The van der Waals surface area contributed by atoms with Crippen LogP contribution in [0.15, 0.2) is 0 Å². The van der Waals surface area contributed by atoms with E-state index in [0.29, 0.717) is 0 Å². The van der Waals surface area contributed by atoms with Crippen molar-refractivity contribution in [3.05, 3.63) is 0 Å². The Morgan fingerprint density at radius 2 is 1.73 bits per heavy atom. The van der Waals surface area contributed by atoms with Gasteiger partial charge < -0.3 is 10.5 Å². The minimum Gasteiger partial charge on any atom is -0.367 e. The monoisotopic (exact) mass is 213 g/mol. The molecule has 0 aromatic carbocycles. The summed E-state index contributed by atoms with van der Waals surface area (Å²) in [5.41, 5.74) is 5.11. The second-order valence-corrected chi connectivity index (χ2v) is 4.41. The van der Waals surface area contributed by atoms with Crippen LogP contribution in [-0.4, -0.2) is 18.1 Å². The van der Waals surface area contributed by atoms with Gasteiger partial charge in [0.05, 0.1) is 6.10 Å². The predicted molar refractivity (Wildman–Crippen MR) is 60.5 cm³/mol. The SMILES string of the molecule is CCCCCCCCC[C@H]1O[C@H]1C(N)=O. The fourth-order valence-corrected chi connectivity index (χ4v) is 1.92. The Morgan fingerprint density at radius 1 is 1.13 bits per heavy atom. The van der Waals surface area contributed by atoms with Gasteiger partial charge in [-0.2, -0.15) is 0 Å². The predicted octanol–water partition coefficient (Wildman–Crippen LogP) is 2.38. The molecule has 2 atom stereocenters. The average Bonchev–Trinajstić information content (AvgIpc) is 2.96. The number of hydrogen-bond donors (Lipinski definition) is 1. The molecule has 1 aliphatic rings. The molecule has 15 heavy (non-hydrogen) atoms. The summed E-state index contributed by atoms with van der Waals surface area (Å²) in [5, 5.41) is 0. The minimum atomic E-state index is -0.303. The van der Waals surface area contributed by atoms with E-state index in [0.717, 1.165) is 6.42 Å². The molecule has 0 bridgehead atoms. The molecule has 1 saturated heterocycles. The van der Waals surface area contributed by atoms with Crippen LogP contribution in [0.2, 0.25) is 0 Å². The zero-order valence-corrected chi connectivity index (χ0v) is 9.71. The lowest BCUT2D eigenvalue weighted by Gasteiger charge is -1.99. The topological polar surface area (TPSA) is 55.6 Å². The van der Waals surface area contributed by atoms with Crippen molar-refractivity contribution < 1.29 is 9.53 Å². The van der Waals surface area contributed by atoms with Crippen molar-refractivity contribution in [1.29, 1.82) is 0 Å². The molecule has 2 N–H and O–H groups in total. The molecule has 1 aliphatic heterocycles. The number of carbonyl (C=O) groups excluding carboxylic acids is 1. The van der Waals surface area contributed by atoms with Crippen molar-refractivity contribution in [3.8, 4) is 0 Å². The van der Waals surface area contributed by atoms with Crippen molar-refractivity contribution in [3.63, 3.8) is 0 Å². The number of unbranched alkanes of at least 4 members (excludes halogenated alkanes) is 6. The molecule has 0 aromatic heterocycles. The van der Waals surface area contributed by atoms with E-state index < -0.39 is 0 Å². The first-order valence-corrected chi connectivity index (χ1v) is 6.20. The highest BCUT2D eigenvalue weighted by atomic mass is 16.6. The Morgan fingerprint density at radius 3 is 2.27 bits per heavy atom. The lowest BCUT2D eigenvalue weighted by Crippen LogP contribution is -2.19. The zero-order chi connectivity index (χ0) is 11.1. The molecular weight excluding hydrogens is 190 g/mol. The Kier molecular flexibility index (Phi) is 5.69. The van der Waals surface area contributed by atoms with Crippen molar-refractivity contribution in [2.75, 3.05) is 0 Å². The second kappa shape index (κ2) is 6.83. The van der Waals surface area contributed by atoms with Crippen LogP contribution in [0, 0.1) is 0 Å². The van der Waals surface area contributed by atoms with Crippen LogP contribution in [0.1, 0.15) is 58.3 Å². The van der Waals surface area contributed by atoms with E-state index >= 15 is 0 Å². The highest BCUT2D eigenvalue weighted by Crippen LogP contribution is 2.27. The number of epoxide rings is 1. The first-order valence-electron chi connectivity index (χ1n) is 6.20. The van der Waals surface area contributed by atoms with Crippen LogP contribution in [0.3, 0.4) is 0 Å². The fourth-order valence-electron chi connectivity index (χ4n) is 1.92. The summed E-state index contributed by atoms with van der Waals surface area (Å²) in [7, 11) is 0. The van der Waals surface area contributed by atoms with E-state index in [2.05, 4.69) is 6.92 Å². The van der Waals surface area contributed by atoms with Crippen LogP contribution in [-0.2, 0) is 9.53 Å². The normalized spacial score (nSPS) is 24.1. The van der Waals surface area contributed by atoms with Gasteiger partial charge in [-0.25, -0.2) is 0 Å². The number of ether oxygens (including phenoxy) is 1. The first-order chi connectivity index (χ1) is 7.25. The summed E-state index contributed by atoms with van der Waals surface area (Å²) in [6, 6.07) is 0. The largest absolute Gasteiger partial charge is 0.367 e. The van der Waals surface area contributed by atoms with E-state index in [1.54, 1.807) is 0 Å². The van der Waals surface area contributed by atoms with Gasteiger partial charge in [-0.05, 0) is 6.42 Å². The Hall–Kier alpha value is -0.570.